The molecule has 1 aliphatic carbocycles. The molecule has 4 nitrogen and oxygen atoms in total. The van der Waals surface area contributed by atoms with Gasteiger partial charge in [-0.15, -0.1) is 0 Å². The number of carbonyl (C=O) groups is 1. The number of carbonyl (C=O) groups excluding carboxylic acids is 1. The molecule has 2 rings (SSSR count). The molecule has 2 atom stereocenters. The fourth-order valence-corrected chi connectivity index (χ4v) is 3.21. The van der Waals surface area contributed by atoms with Gasteiger partial charge in [0.25, 0.3) is 5.91 Å². The summed E-state index contributed by atoms with van der Waals surface area (Å²) in [6.07, 6.45) is 3.35. The minimum atomic E-state index is -0.0483. The number of aromatic nitrogens is 1. The van der Waals surface area contributed by atoms with Crippen LogP contribution in [0, 0.1) is 25.2 Å². The van der Waals surface area contributed by atoms with Crippen molar-refractivity contribution in [1.29, 1.82) is 0 Å². The molecule has 106 valence electrons. The van der Waals surface area contributed by atoms with Crippen molar-refractivity contribution < 1.29 is 9.32 Å². The van der Waals surface area contributed by atoms with E-state index in [1.807, 2.05) is 0 Å². The first-order valence-corrected chi connectivity index (χ1v) is 7.04. The van der Waals surface area contributed by atoms with E-state index in [0.29, 0.717) is 28.4 Å². The van der Waals surface area contributed by atoms with Crippen LogP contribution in [0.1, 0.15) is 61.8 Å². The first kappa shape index (κ1) is 14.1. The molecule has 1 aromatic heterocycles. The second kappa shape index (κ2) is 4.99. The van der Waals surface area contributed by atoms with Crippen molar-refractivity contribution in [2.75, 3.05) is 0 Å². The van der Waals surface area contributed by atoms with Gasteiger partial charge in [0.05, 0.1) is 5.69 Å². The van der Waals surface area contributed by atoms with E-state index in [9.17, 15) is 4.79 Å². The van der Waals surface area contributed by atoms with Crippen LogP contribution in [-0.2, 0) is 0 Å². The highest BCUT2D eigenvalue weighted by Crippen LogP contribution is 2.38. The third-order valence-corrected chi connectivity index (χ3v) is 4.27. The van der Waals surface area contributed by atoms with Crippen LogP contribution in [0.2, 0.25) is 0 Å². The number of hydrogen-bond donors (Lipinski definition) is 1. The van der Waals surface area contributed by atoms with Crippen LogP contribution < -0.4 is 5.32 Å². The largest absolute Gasteiger partial charge is 0.361 e. The molecule has 0 aromatic carbocycles. The van der Waals surface area contributed by atoms with Gasteiger partial charge in [-0.2, -0.15) is 0 Å². The summed E-state index contributed by atoms with van der Waals surface area (Å²) in [7, 11) is 0. The predicted molar refractivity (Wildman–Crippen MR) is 74.0 cm³/mol. The molecular weight excluding hydrogens is 240 g/mol. The van der Waals surface area contributed by atoms with Gasteiger partial charge in [0.15, 0.2) is 0 Å². The minimum absolute atomic E-state index is 0.0483. The lowest BCUT2D eigenvalue weighted by atomic mass is 9.70. The van der Waals surface area contributed by atoms with Crippen molar-refractivity contribution in [3.05, 3.63) is 17.0 Å². The second-order valence-electron chi connectivity index (χ2n) is 6.66. The Hall–Kier alpha value is -1.32. The van der Waals surface area contributed by atoms with E-state index in [-0.39, 0.29) is 11.9 Å². The Kier molecular flexibility index (Phi) is 3.70. The molecule has 0 bridgehead atoms. The van der Waals surface area contributed by atoms with E-state index in [1.54, 1.807) is 13.8 Å². The molecule has 1 aliphatic rings. The number of aryl methyl sites for hydroxylation is 2. The Morgan fingerprint density at radius 1 is 1.42 bits per heavy atom. The number of nitrogens with zero attached hydrogens (tertiary/aromatic N) is 1. The van der Waals surface area contributed by atoms with Crippen LogP contribution >= 0.6 is 0 Å². The van der Waals surface area contributed by atoms with Crippen molar-refractivity contribution in [3.63, 3.8) is 0 Å². The molecule has 0 aliphatic heterocycles. The van der Waals surface area contributed by atoms with Gasteiger partial charge < -0.3 is 9.84 Å². The maximum atomic E-state index is 12.3. The van der Waals surface area contributed by atoms with Crippen LogP contribution in [0.4, 0.5) is 0 Å². The molecule has 2 unspecified atom stereocenters. The summed E-state index contributed by atoms with van der Waals surface area (Å²) < 4.78 is 5.05. The number of hydrogen-bond acceptors (Lipinski definition) is 3. The van der Waals surface area contributed by atoms with Gasteiger partial charge in [0.1, 0.15) is 11.3 Å². The summed E-state index contributed by atoms with van der Waals surface area (Å²) in [6, 6.07) is 0.259. The quantitative estimate of drug-likeness (QED) is 0.892. The van der Waals surface area contributed by atoms with E-state index in [1.165, 1.54) is 0 Å². The summed E-state index contributed by atoms with van der Waals surface area (Å²) in [5, 5.41) is 6.99. The normalized spacial score (nSPS) is 26.2. The average molecular weight is 264 g/mol. The lowest BCUT2D eigenvalue weighted by Gasteiger charge is -2.39. The Balaban J connectivity index is 2.04. The number of amides is 1. The molecular formula is C15H24N2O2. The SMILES string of the molecule is Cc1noc(C)c1C(=O)NC1CCC(C)(C)CC1C. The molecule has 4 heteroatoms. The minimum Gasteiger partial charge on any atom is -0.361 e. The van der Waals surface area contributed by atoms with Crippen LogP contribution in [0.25, 0.3) is 0 Å². The Morgan fingerprint density at radius 3 is 2.63 bits per heavy atom. The van der Waals surface area contributed by atoms with Gasteiger partial charge in [-0.05, 0) is 44.4 Å². The number of nitrogens with one attached hydrogen (secondary N) is 1. The zero-order valence-corrected chi connectivity index (χ0v) is 12.5. The lowest BCUT2D eigenvalue weighted by Crippen LogP contribution is -2.44. The van der Waals surface area contributed by atoms with E-state index in [0.717, 1.165) is 19.3 Å². The molecule has 19 heavy (non-hydrogen) atoms. The molecule has 1 fully saturated rings. The van der Waals surface area contributed by atoms with Gasteiger partial charge in [0, 0.05) is 6.04 Å². The fraction of sp³-hybridized carbons (Fsp3) is 0.733. The first-order valence-electron chi connectivity index (χ1n) is 7.04. The molecule has 1 saturated carbocycles. The lowest BCUT2D eigenvalue weighted by molar-refractivity contribution is 0.0859. The molecule has 1 heterocycles. The highest BCUT2D eigenvalue weighted by molar-refractivity contribution is 5.96. The third kappa shape index (κ3) is 2.99. The Bertz CT molecular complexity index is 457. The van der Waals surface area contributed by atoms with Gasteiger partial charge in [-0.3, -0.25) is 4.79 Å². The van der Waals surface area contributed by atoms with E-state index >= 15 is 0 Å². The van der Waals surface area contributed by atoms with E-state index in [2.05, 4.69) is 31.2 Å². The zero-order chi connectivity index (χ0) is 14.2. The van der Waals surface area contributed by atoms with E-state index < -0.39 is 0 Å². The summed E-state index contributed by atoms with van der Waals surface area (Å²) >= 11 is 0. The molecule has 0 radical (unpaired) electrons. The van der Waals surface area contributed by atoms with Crippen molar-refractivity contribution in [2.24, 2.45) is 11.3 Å². The molecule has 1 N–H and O–H groups in total. The van der Waals surface area contributed by atoms with Gasteiger partial charge >= 0.3 is 0 Å². The van der Waals surface area contributed by atoms with Crippen LogP contribution in [0.5, 0.6) is 0 Å². The summed E-state index contributed by atoms with van der Waals surface area (Å²) in [5.41, 5.74) is 1.65. The Labute approximate surface area is 114 Å². The molecule has 1 aromatic rings. The van der Waals surface area contributed by atoms with Crippen LogP contribution in [0.15, 0.2) is 4.52 Å². The maximum absolute atomic E-state index is 12.3. The zero-order valence-electron chi connectivity index (χ0n) is 12.5. The monoisotopic (exact) mass is 264 g/mol. The topological polar surface area (TPSA) is 55.1 Å². The highest BCUT2D eigenvalue weighted by Gasteiger charge is 2.33. The second-order valence-corrected chi connectivity index (χ2v) is 6.66. The van der Waals surface area contributed by atoms with Crippen molar-refractivity contribution >= 4 is 5.91 Å². The fourth-order valence-electron chi connectivity index (χ4n) is 3.21. The van der Waals surface area contributed by atoms with E-state index in [4.69, 9.17) is 4.52 Å². The summed E-state index contributed by atoms with van der Waals surface area (Å²) in [4.78, 5) is 12.3. The average Bonchev–Trinajstić information content (AvgIpc) is 2.62. The van der Waals surface area contributed by atoms with Crippen LogP contribution in [0.3, 0.4) is 0 Å². The smallest absolute Gasteiger partial charge is 0.257 e. The predicted octanol–water partition coefficient (Wildman–Crippen LogP) is 3.24. The Morgan fingerprint density at radius 2 is 2.11 bits per heavy atom. The summed E-state index contributed by atoms with van der Waals surface area (Å²) in [6.45, 7) is 10.4. The van der Waals surface area contributed by atoms with Crippen molar-refractivity contribution in [1.82, 2.24) is 10.5 Å². The highest BCUT2D eigenvalue weighted by atomic mass is 16.5. The molecule has 0 spiro atoms. The van der Waals surface area contributed by atoms with Gasteiger partial charge in [-0.25, -0.2) is 0 Å². The molecule has 0 saturated heterocycles. The van der Waals surface area contributed by atoms with Gasteiger partial charge in [0.2, 0.25) is 0 Å². The van der Waals surface area contributed by atoms with Crippen LogP contribution in [-0.4, -0.2) is 17.1 Å². The van der Waals surface area contributed by atoms with Crippen molar-refractivity contribution in [3.8, 4) is 0 Å². The molecule has 1 amide bonds. The standard InChI is InChI=1S/C15H24N2O2/c1-9-8-15(4,5)7-6-12(9)16-14(18)13-10(2)17-19-11(13)3/h9,12H,6-8H2,1-5H3,(H,16,18). The maximum Gasteiger partial charge on any atom is 0.257 e. The third-order valence-electron chi connectivity index (χ3n) is 4.27. The number of rotatable bonds is 2. The van der Waals surface area contributed by atoms with Crippen molar-refractivity contribution in [2.45, 2.75) is 59.9 Å². The van der Waals surface area contributed by atoms with Gasteiger partial charge in [-0.1, -0.05) is 25.9 Å². The summed E-state index contributed by atoms with van der Waals surface area (Å²) in [5.74, 6) is 1.06. The first-order chi connectivity index (χ1) is 8.80.